The van der Waals surface area contributed by atoms with Gasteiger partial charge in [0.05, 0.1) is 11.1 Å². The third-order valence-electron chi connectivity index (χ3n) is 4.99. The monoisotopic (exact) mass is 512 g/mol. The van der Waals surface area contributed by atoms with Crippen LogP contribution in [-0.2, 0) is 6.42 Å². The number of hydrogen-bond acceptors (Lipinski definition) is 4. The van der Waals surface area contributed by atoms with Crippen molar-refractivity contribution in [3.8, 4) is 11.5 Å². The van der Waals surface area contributed by atoms with Crippen LogP contribution in [0, 0.1) is 11.6 Å². The Morgan fingerprint density at radius 1 is 0.600 bits per heavy atom. The number of hydrogen-bond donors (Lipinski definition) is 0. The number of benzene rings is 4. The van der Waals surface area contributed by atoms with E-state index in [2.05, 4.69) is 0 Å². The second-order valence-corrected chi connectivity index (χ2v) is 8.35. The summed E-state index contributed by atoms with van der Waals surface area (Å²) in [5.74, 6) is -1.86. The number of rotatable bonds is 6. The maximum Gasteiger partial charge on any atom is 0.343 e. The highest BCUT2D eigenvalue weighted by molar-refractivity contribution is 6.31. The topological polar surface area (TPSA) is 52.6 Å². The van der Waals surface area contributed by atoms with Gasteiger partial charge in [-0.15, -0.1) is 0 Å². The average Bonchev–Trinajstić information content (AvgIpc) is 2.83. The summed E-state index contributed by atoms with van der Waals surface area (Å²) in [6, 6.07) is 19.3. The van der Waals surface area contributed by atoms with Gasteiger partial charge in [-0.2, -0.15) is 0 Å². The van der Waals surface area contributed by atoms with E-state index in [1.54, 1.807) is 24.3 Å². The van der Waals surface area contributed by atoms with E-state index in [9.17, 15) is 18.4 Å². The summed E-state index contributed by atoms with van der Waals surface area (Å²) in [6.45, 7) is 0. The molecule has 0 aliphatic rings. The van der Waals surface area contributed by atoms with Crippen molar-refractivity contribution in [2.45, 2.75) is 6.42 Å². The lowest BCUT2D eigenvalue weighted by Gasteiger charge is -2.14. The lowest BCUT2D eigenvalue weighted by atomic mass is 10.0. The predicted octanol–water partition coefficient (Wildman–Crippen LogP) is 7.30. The van der Waals surface area contributed by atoms with E-state index in [4.69, 9.17) is 32.7 Å². The minimum Gasteiger partial charge on any atom is -0.423 e. The quantitative estimate of drug-likeness (QED) is 0.201. The van der Waals surface area contributed by atoms with Crippen molar-refractivity contribution < 1.29 is 27.8 Å². The summed E-state index contributed by atoms with van der Waals surface area (Å²) in [6.07, 6.45) is 0.152. The van der Waals surface area contributed by atoms with Gasteiger partial charge >= 0.3 is 11.9 Å². The number of esters is 2. The molecular weight excluding hydrogens is 497 g/mol. The van der Waals surface area contributed by atoms with E-state index in [-0.39, 0.29) is 29.0 Å². The van der Waals surface area contributed by atoms with Gasteiger partial charge in [0.15, 0.2) is 0 Å². The van der Waals surface area contributed by atoms with E-state index in [1.807, 2.05) is 0 Å². The molecule has 0 fully saturated rings. The molecule has 4 rings (SSSR count). The molecule has 0 saturated heterocycles. The first-order valence-electron chi connectivity index (χ1n) is 10.3. The van der Waals surface area contributed by atoms with Gasteiger partial charge in [0, 0.05) is 27.6 Å². The van der Waals surface area contributed by atoms with Gasteiger partial charge in [0.1, 0.15) is 23.1 Å². The minimum atomic E-state index is -0.678. The molecule has 0 bridgehead atoms. The first-order chi connectivity index (χ1) is 16.8. The molecule has 0 N–H and O–H groups in total. The van der Waals surface area contributed by atoms with E-state index in [0.717, 1.165) is 24.3 Å². The highest BCUT2D eigenvalue weighted by Crippen LogP contribution is 2.31. The molecule has 0 amide bonds. The summed E-state index contributed by atoms with van der Waals surface area (Å²) in [4.78, 5) is 25.1. The van der Waals surface area contributed by atoms with Crippen LogP contribution in [-0.4, -0.2) is 11.9 Å². The maximum absolute atomic E-state index is 13.2. The largest absolute Gasteiger partial charge is 0.423 e. The van der Waals surface area contributed by atoms with Crippen LogP contribution in [0.5, 0.6) is 11.5 Å². The summed E-state index contributed by atoms with van der Waals surface area (Å²) >= 11 is 12.4. The molecule has 4 aromatic carbocycles. The van der Waals surface area contributed by atoms with Crippen LogP contribution in [0.2, 0.25) is 10.0 Å². The smallest absolute Gasteiger partial charge is 0.343 e. The molecule has 35 heavy (non-hydrogen) atoms. The molecule has 4 aromatic rings. The predicted molar refractivity (Wildman–Crippen MR) is 128 cm³/mol. The number of carbonyl (C=O) groups excluding carboxylic acids is 2. The molecule has 0 aromatic heterocycles. The van der Waals surface area contributed by atoms with Crippen LogP contribution < -0.4 is 9.47 Å². The van der Waals surface area contributed by atoms with E-state index in [1.165, 1.54) is 36.4 Å². The van der Waals surface area contributed by atoms with Crippen molar-refractivity contribution in [1.29, 1.82) is 0 Å². The molecule has 0 heterocycles. The number of carbonyl (C=O) groups is 2. The van der Waals surface area contributed by atoms with Crippen molar-refractivity contribution in [3.05, 3.63) is 129 Å². The molecule has 0 saturated carbocycles. The second kappa shape index (κ2) is 10.7. The SMILES string of the molecule is O=C(Oc1ccc(Cl)cc1Cc1cc(Cl)ccc1OC(=O)c1ccc(F)cc1)c1ccc(F)cc1. The highest BCUT2D eigenvalue weighted by atomic mass is 35.5. The molecule has 0 atom stereocenters. The van der Waals surface area contributed by atoms with E-state index in [0.29, 0.717) is 21.2 Å². The average molecular weight is 513 g/mol. The zero-order valence-electron chi connectivity index (χ0n) is 17.9. The minimum absolute atomic E-state index is 0.152. The summed E-state index contributed by atoms with van der Waals surface area (Å²) < 4.78 is 37.4. The second-order valence-electron chi connectivity index (χ2n) is 7.47. The van der Waals surface area contributed by atoms with Gasteiger partial charge < -0.3 is 9.47 Å². The van der Waals surface area contributed by atoms with Crippen molar-refractivity contribution in [2.75, 3.05) is 0 Å². The molecule has 0 aliphatic carbocycles. The summed E-state index contributed by atoms with van der Waals surface area (Å²) in [7, 11) is 0. The maximum atomic E-state index is 13.2. The molecule has 176 valence electrons. The van der Waals surface area contributed by atoms with Crippen molar-refractivity contribution >= 4 is 35.1 Å². The fourth-order valence-corrected chi connectivity index (χ4v) is 3.66. The van der Waals surface area contributed by atoms with Crippen LogP contribution in [0.25, 0.3) is 0 Å². The Bertz CT molecular complexity index is 1280. The molecule has 0 spiro atoms. The van der Waals surface area contributed by atoms with Crippen molar-refractivity contribution in [2.24, 2.45) is 0 Å². The van der Waals surface area contributed by atoms with E-state index >= 15 is 0 Å². The lowest BCUT2D eigenvalue weighted by molar-refractivity contribution is 0.0725. The third kappa shape index (κ3) is 6.23. The Kier molecular flexibility index (Phi) is 7.44. The Morgan fingerprint density at radius 3 is 1.34 bits per heavy atom. The molecule has 8 heteroatoms. The van der Waals surface area contributed by atoms with Gasteiger partial charge in [-0.3, -0.25) is 0 Å². The Labute approximate surface area is 209 Å². The molecule has 0 aliphatic heterocycles. The van der Waals surface area contributed by atoms with Crippen molar-refractivity contribution in [3.63, 3.8) is 0 Å². The Morgan fingerprint density at radius 2 is 0.971 bits per heavy atom. The highest BCUT2D eigenvalue weighted by Gasteiger charge is 2.17. The van der Waals surface area contributed by atoms with Crippen LogP contribution >= 0.6 is 23.2 Å². The fourth-order valence-electron chi connectivity index (χ4n) is 3.27. The van der Waals surface area contributed by atoms with Crippen LogP contribution in [0.15, 0.2) is 84.9 Å². The van der Waals surface area contributed by atoms with Gasteiger partial charge in [0.2, 0.25) is 0 Å². The normalized spacial score (nSPS) is 10.6. The Balaban J connectivity index is 1.61. The lowest BCUT2D eigenvalue weighted by Crippen LogP contribution is -2.11. The molecular formula is C27H16Cl2F2O4. The van der Waals surface area contributed by atoms with Crippen LogP contribution in [0.4, 0.5) is 8.78 Å². The standard InChI is InChI=1S/C27H16Cl2F2O4/c28-20-5-11-24(34-26(32)16-1-7-22(30)8-2-16)18(14-20)13-19-15-21(29)6-12-25(19)35-27(33)17-3-9-23(31)10-4-17/h1-12,14-15H,13H2. The summed E-state index contributed by atoms with van der Waals surface area (Å²) in [5, 5.41) is 0.793. The number of ether oxygens (including phenoxy) is 2. The molecule has 4 nitrogen and oxygen atoms in total. The molecule has 0 radical (unpaired) electrons. The summed E-state index contributed by atoms with van der Waals surface area (Å²) in [5.41, 5.74) is 1.39. The van der Waals surface area contributed by atoms with Gasteiger partial charge in [-0.1, -0.05) is 23.2 Å². The fraction of sp³-hybridized carbons (Fsp3) is 0.0370. The first kappa shape index (κ1) is 24.4. The first-order valence-corrected chi connectivity index (χ1v) is 11.1. The van der Waals surface area contributed by atoms with Gasteiger partial charge in [-0.25, -0.2) is 18.4 Å². The Hall–Kier alpha value is -3.74. The van der Waals surface area contributed by atoms with Crippen LogP contribution in [0.1, 0.15) is 31.8 Å². The van der Waals surface area contributed by atoms with Crippen LogP contribution in [0.3, 0.4) is 0 Å². The number of halogens is 4. The zero-order chi connectivity index (χ0) is 24.9. The van der Waals surface area contributed by atoms with Crippen molar-refractivity contribution in [1.82, 2.24) is 0 Å². The van der Waals surface area contributed by atoms with Gasteiger partial charge in [-0.05, 0) is 84.9 Å². The van der Waals surface area contributed by atoms with Gasteiger partial charge in [0.25, 0.3) is 0 Å². The van der Waals surface area contributed by atoms with E-state index < -0.39 is 23.6 Å². The third-order valence-corrected chi connectivity index (χ3v) is 5.46. The zero-order valence-corrected chi connectivity index (χ0v) is 19.4. The molecule has 0 unspecified atom stereocenters.